The van der Waals surface area contributed by atoms with Crippen LogP contribution in [0.25, 0.3) is 0 Å². The highest BCUT2D eigenvalue weighted by molar-refractivity contribution is 6.08. The van der Waals surface area contributed by atoms with Crippen molar-refractivity contribution >= 4 is 11.9 Å². The fourth-order valence-corrected chi connectivity index (χ4v) is 2.93. The van der Waals surface area contributed by atoms with E-state index in [0.29, 0.717) is 12.8 Å². The largest absolute Gasteiger partial charge is 0.417 e. The molecule has 1 aliphatic carbocycles. The van der Waals surface area contributed by atoms with Crippen molar-refractivity contribution in [1.82, 2.24) is 0 Å². The Labute approximate surface area is 119 Å². The monoisotopic (exact) mass is 297 g/mol. The maximum Gasteiger partial charge on any atom is 0.417 e. The lowest BCUT2D eigenvalue weighted by Gasteiger charge is -2.25. The van der Waals surface area contributed by atoms with Crippen LogP contribution in [0.1, 0.15) is 43.2 Å². The summed E-state index contributed by atoms with van der Waals surface area (Å²) < 4.78 is 44.2. The van der Waals surface area contributed by atoms with Gasteiger partial charge >= 0.3 is 12.1 Å². The topological polar surface area (TPSA) is 38.7 Å². The van der Waals surface area contributed by atoms with Crippen LogP contribution in [-0.2, 0) is 15.7 Å². The Bertz CT molecular complexity index is 601. The van der Waals surface area contributed by atoms with Gasteiger partial charge < -0.3 is 4.74 Å². The van der Waals surface area contributed by atoms with E-state index < -0.39 is 23.2 Å². The van der Waals surface area contributed by atoms with Crippen molar-refractivity contribution < 1.29 is 22.7 Å². The highest BCUT2D eigenvalue weighted by Gasteiger charge is 2.48. The van der Waals surface area contributed by atoms with Crippen molar-refractivity contribution in [3.05, 3.63) is 35.4 Å². The van der Waals surface area contributed by atoms with Gasteiger partial charge in [0.05, 0.1) is 5.56 Å². The number of aliphatic imine (C=N–C) groups is 1. The summed E-state index contributed by atoms with van der Waals surface area (Å²) in [5.74, 6) is -0.719. The van der Waals surface area contributed by atoms with E-state index in [1.54, 1.807) is 0 Å². The Morgan fingerprint density at radius 1 is 1.10 bits per heavy atom. The van der Waals surface area contributed by atoms with E-state index in [9.17, 15) is 18.0 Å². The first-order chi connectivity index (χ1) is 9.92. The predicted octanol–water partition coefficient (Wildman–Crippen LogP) is 3.71. The molecule has 0 bridgehead atoms. The fraction of sp³-hybridized carbons (Fsp3) is 0.467. The van der Waals surface area contributed by atoms with Gasteiger partial charge in [0.1, 0.15) is 0 Å². The molecule has 6 heteroatoms. The molecule has 0 aromatic heterocycles. The number of hydrogen-bond acceptors (Lipinski definition) is 3. The zero-order valence-electron chi connectivity index (χ0n) is 11.2. The average Bonchev–Trinajstić information content (AvgIpc) is 2.76. The second-order valence-corrected chi connectivity index (χ2v) is 5.44. The minimum Gasteiger partial charge on any atom is -0.405 e. The Morgan fingerprint density at radius 3 is 2.43 bits per heavy atom. The lowest BCUT2D eigenvalue weighted by atomic mass is 9.83. The lowest BCUT2D eigenvalue weighted by Crippen LogP contribution is -2.35. The molecule has 0 unspecified atom stereocenters. The average molecular weight is 297 g/mol. The third kappa shape index (κ3) is 2.43. The van der Waals surface area contributed by atoms with E-state index >= 15 is 0 Å². The second kappa shape index (κ2) is 4.86. The number of carbonyl (C=O) groups is 1. The fourth-order valence-electron chi connectivity index (χ4n) is 2.93. The summed E-state index contributed by atoms with van der Waals surface area (Å²) in [5.41, 5.74) is -1.96. The maximum atomic E-state index is 13.0. The van der Waals surface area contributed by atoms with Gasteiger partial charge in [-0.25, -0.2) is 9.79 Å². The molecule has 0 atom stereocenters. The summed E-state index contributed by atoms with van der Waals surface area (Å²) in [6.07, 6.45) is -0.723. The van der Waals surface area contributed by atoms with Crippen LogP contribution in [0.5, 0.6) is 0 Å². The van der Waals surface area contributed by atoms with Crippen LogP contribution >= 0.6 is 0 Å². The van der Waals surface area contributed by atoms with E-state index in [1.807, 2.05) is 0 Å². The molecule has 21 heavy (non-hydrogen) atoms. The minimum absolute atomic E-state index is 0.166. The number of alkyl halides is 3. The van der Waals surface area contributed by atoms with Crippen LogP contribution in [-0.4, -0.2) is 17.4 Å². The van der Waals surface area contributed by atoms with Crippen LogP contribution in [0, 0.1) is 0 Å². The van der Waals surface area contributed by atoms with Gasteiger partial charge in [0.25, 0.3) is 0 Å². The Kier molecular flexibility index (Phi) is 3.26. The number of halogens is 3. The van der Waals surface area contributed by atoms with Crippen molar-refractivity contribution in [3.8, 4) is 0 Å². The maximum absolute atomic E-state index is 13.0. The number of rotatable bonds is 1. The molecule has 1 aromatic carbocycles. The molecule has 0 N–H and O–H groups in total. The van der Waals surface area contributed by atoms with Crippen molar-refractivity contribution in [2.24, 2.45) is 4.99 Å². The van der Waals surface area contributed by atoms with Gasteiger partial charge in [-0.05, 0) is 25.0 Å². The van der Waals surface area contributed by atoms with Crippen LogP contribution in [0.15, 0.2) is 29.3 Å². The first-order valence-corrected chi connectivity index (χ1v) is 6.91. The van der Waals surface area contributed by atoms with Crippen molar-refractivity contribution in [3.63, 3.8) is 0 Å². The van der Waals surface area contributed by atoms with Crippen molar-refractivity contribution in [1.29, 1.82) is 0 Å². The van der Waals surface area contributed by atoms with Gasteiger partial charge in [-0.1, -0.05) is 31.4 Å². The summed E-state index contributed by atoms with van der Waals surface area (Å²) in [4.78, 5) is 16.3. The normalized spacial score (nSPS) is 21.3. The van der Waals surface area contributed by atoms with Gasteiger partial charge in [-0.3, -0.25) is 0 Å². The predicted molar refractivity (Wildman–Crippen MR) is 69.9 cm³/mol. The smallest absolute Gasteiger partial charge is 0.405 e. The molecule has 0 radical (unpaired) electrons. The van der Waals surface area contributed by atoms with Crippen LogP contribution < -0.4 is 0 Å². The first kappa shape index (κ1) is 14.1. The molecule has 1 aliphatic heterocycles. The quantitative estimate of drug-likeness (QED) is 0.741. The molecule has 1 spiro atoms. The summed E-state index contributed by atoms with van der Waals surface area (Å²) in [5, 5.41) is 0. The van der Waals surface area contributed by atoms with Crippen LogP contribution in [0.2, 0.25) is 0 Å². The second-order valence-electron chi connectivity index (χ2n) is 5.44. The van der Waals surface area contributed by atoms with Gasteiger partial charge in [-0.2, -0.15) is 13.2 Å². The molecule has 112 valence electrons. The molecule has 0 saturated heterocycles. The van der Waals surface area contributed by atoms with E-state index in [4.69, 9.17) is 4.74 Å². The molecule has 0 amide bonds. The molecule has 3 nitrogen and oxygen atoms in total. The van der Waals surface area contributed by atoms with E-state index in [1.165, 1.54) is 18.2 Å². The Morgan fingerprint density at radius 2 is 1.76 bits per heavy atom. The number of ether oxygens (including phenoxy) is 1. The molecule has 1 saturated carbocycles. The Hall–Kier alpha value is -1.85. The van der Waals surface area contributed by atoms with E-state index in [2.05, 4.69) is 4.99 Å². The highest BCUT2D eigenvalue weighted by atomic mass is 19.4. The standard InChI is InChI=1S/C15H14F3NO2/c16-15(17,18)11-7-3-2-6-10(11)12-19-14(13(20)21-12)8-4-1-5-9-14/h2-3,6-7H,1,4-5,8-9H2. The molecule has 1 heterocycles. The van der Waals surface area contributed by atoms with E-state index in [-0.39, 0.29) is 11.5 Å². The zero-order chi connectivity index (χ0) is 15.1. The van der Waals surface area contributed by atoms with Crippen molar-refractivity contribution in [2.75, 3.05) is 0 Å². The zero-order valence-corrected chi connectivity index (χ0v) is 11.2. The van der Waals surface area contributed by atoms with Gasteiger partial charge in [0.2, 0.25) is 5.90 Å². The van der Waals surface area contributed by atoms with Crippen LogP contribution in [0.4, 0.5) is 13.2 Å². The van der Waals surface area contributed by atoms with Gasteiger partial charge in [-0.15, -0.1) is 0 Å². The molecular weight excluding hydrogens is 283 g/mol. The number of esters is 1. The molecule has 1 aromatic rings. The third-order valence-corrected chi connectivity index (χ3v) is 4.03. The first-order valence-electron chi connectivity index (χ1n) is 6.91. The summed E-state index contributed by atoms with van der Waals surface area (Å²) in [7, 11) is 0. The highest BCUT2D eigenvalue weighted by Crippen LogP contribution is 2.39. The van der Waals surface area contributed by atoms with Crippen molar-refractivity contribution in [2.45, 2.75) is 43.8 Å². The number of benzene rings is 1. The number of hydrogen-bond donors (Lipinski definition) is 0. The van der Waals surface area contributed by atoms with Crippen LogP contribution in [0.3, 0.4) is 0 Å². The number of cyclic esters (lactones) is 1. The SMILES string of the molecule is O=C1OC(c2ccccc2C(F)(F)F)=NC12CCCCC2. The number of nitrogens with zero attached hydrogens (tertiary/aromatic N) is 1. The van der Waals surface area contributed by atoms with E-state index in [0.717, 1.165) is 25.3 Å². The summed E-state index contributed by atoms with van der Waals surface area (Å²) in [6, 6.07) is 5.04. The minimum atomic E-state index is -4.51. The molecule has 3 rings (SSSR count). The molecule has 2 aliphatic rings. The Balaban J connectivity index is 2.02. The molecular formula is C15H14F3NO2. The lowest BCUT2D eigenvalue weighted by molar-refractivity contribution is -0.141. The third-order valence-electron chi connectivity index (χ3n) is 4.03. The van der Waals surface area contributed by atoms with Gasteiger partial charge in [0, 0.05) is 5.56 Å². The summed E-state index contributed by atoms with van der Waals surface area (Å²) >= 11 is 0. The summed E-state index contributed by atoms with van der Waals surface area (Å²) in [6.45, 7) is 0. The molecule has 1 fully saturated rings. The number of carbonyl (C=O) groups excluding carboxylic acids is 1. The van der Waals surface area contributed by atoms with Gasteiger partial charge in [0.15, 0.2) is 5.54 Å².